The molecule has 0 atom stereocenters. The summed E-state index contributed by atoms with van der Waals surface area (Å²) in [5, 5.41) is 7.71. The number of hydrogen-bond donors (Lipinski definition) is 0. The second-order valence-electron chi connectivity index (χ2n) is 4.73. The normalized spacial score (nSPS) is 11.4. The van der Waals surface area contributed by atoms with Gasteiger partial charge in [-0.2, -0.15) is 0 Å². The van der Waals surface area contributed by atoms with E-state index in [1.54, 1.807) is 42.3 Å². The number of hydrogen-bond acceptors (Lipinski definition) is 7. The van der Waals surface area contributed by atoms with Crippen LogP contribution in [0.3, 0.4) is 0 Å². The Hall–Kier alpha value is -1.94. The molecule has 0 bridgehead atoms. The molecule has 0 aromatic carbocycles. The smallest absolute Gasteiger partial charge is 0.328 e. The summed E-state index contributed by atoms with van der Waals surface area (Å²) in [6.07, 6.45) is 2.24. The van der Waals surface area contributed by atoms with E-state index in [-0.39, 0.29) is 11.2 Å². The van der Waals surface area contributed by atoms with E-state index in [4.69, 9.17) is 0 Å². The largest absolute Gasteiger partial charge is 0.332 e. The van der Waals surface area contributed by atoms with E-state index in [9.17, 15) is 9.59 Å². The molecule has 0 N–H and O–H groups in total. The fourth-order valence-electron chi connectivity index (χ4n) is 2.20. The first-order chi connectivity index (χ1) is 10.6. The summed E-state index contributed by atoms with van der Waals surface area (Å²) >= 11 is 3.05. The zero-order chi connectivity index (χ0) is 15.7. The topological polar surface area (TPSA) is 87.6 Å². The van der Waals surface area contributed by atoms with Crippen LogP contribution in [0.25, 0.3) is 11.2 Å². The van der Waals surface area contributed by atoms with Gasteiger partial charge < -0.3 is 4.57 Å². The van der Waals surface area contributed by atoms with E-state index in [1.807, 2.05) is 0 Å². The van der Waals surface area contributed by atoms with Crippen LogP contribution in [0.4, 0.5) is 0 Å². The lowest BCUT2D eigenvalue weighted by atomic mass is 10.4. The Kier molecular flexibility index (Phi) is 4.12. The molecule has 0 radical (unpaired) electrons. The van der Waals surface area contributed by atoms with Crippen LogP contribution in [0.15, 0.2) is 25.8 Å². The number of aromatic nitrogens is 6. The van der Waals surface area contributed by atoms with E-state index < -0.39 is 0 Å². The summed E-state index contributed by atoms with van der Waals surface area (Å²) in [4.78, 5) is 28.9. The first-order valence-electron chi connectivity index (χ1n) is 6.59. The van der Waals surface area contributed by atoms with Crippen molar-refractivity contribution in [3.05, 3.63) is 32.7 Å². The zero-order valence-corrected chi connectivity index (χ0v) is 13.7. The Balaban J connectivity index is 1.83. The molecule has 0 amide bonds. The molecule has 0 aliphatic heterocycles. The molecule has 8 nitrogen and oxygen atoms in total. The molecule has 0 aliphatic rings. The molecule has 0 unspecified atom stereocenters. The van der Waals surface area contributed by atoms with E-state index >= 15 is 0 Å². The third kappa shape index (κ3) is 2.59. The molecule has 3 aromatic rings. The number of thioether (sulfide) groups is 1. The predicted octanol–water partition coefficient (Wildman–Crippen LogP) is 0.468. The van der Waals surface area contributed by atoms with E-state index in [0.29, 0.717) is 24.1 Å². The lowest BCUT2D eigenvalue weighted by Gasteiger charge is -2.08. The van der Waals surface area contributed by atoms with E-state index in [2.05, 4.69) is 15.2 Å². The summed E-state index contributed by atoms with van der Waals surface area (Å²) in [5.74, 6) is 0.772. The monoisotopic (exact) mass is 338 g/mol. The first kappa shape index (κ1) is 15.0. The van der Waals surface area contributed by atoms with Gasteiger partial charge in [0.05, 0.1) is 6.33 Å². The van der Waals surface area contributed by atoms with Gasteiger partial charge >= 0.3 is 5.69 Å². The van der Waals surface area contributed by atoms with Gasteiger partial charge in [-0.25, -0.2) is 9.78 Å². The average molecular weight is 338 g/mol. The maximum Gasteiger partial charge on any atom is 0.332 e. The summed E-state index contributed by atoms with van der Waals surface area (Å²) in [5.41, 5.74) is 1.91. The summed E-state index contributed by atoms with van der Waals surface area (Å²) < 4.78 is 5.21. The summed E-state index contributed by atoms with van der Waals surface area (Å²) in [6.45, 7) is 0.373. The Labute approximate surface area is 133 Å². The van der Waals surface area contributed by atoms with Gasteiger partial charge in [-0.15, -0.1) is 10.2 Å². The van der Waals surface area contributed by atoms with E-state index in [0.717, 1.165) is 10.1 Å². The van der Waals surface area contributed by atoms with Crippen molar-refractivity contribution in [2.45, 2.75) is 17.3 Å². The fraction of sp³-hybridized carbons (Fsp3) is 0.417. The molecule has 0 aliphatic carbocycles. The average Bonchev–Trinajstić information content (AvgIpc) is 3.14. The number of rotatable bonds is 5. The minimum absolute atomic E-state index is 0.293. The molecule has 22 heavy (non-hydrogen) atoms. The molecule has 3 heterocycles. The van der Waals surface area contributed by atoms with Crippen molar-refractivity contribution in [1.29, 1.82) is 0 Å². The van der Waals surface area contributed by atoms with Crippen LogP contribution in [0.5, 0.6) is 0 Å². The predicted molar refractivity (Wildman–Crippen MR) is 85.5 cm³/mol. The van der Waals surface area contributed by atoms with Gasteiger partial charge in [0.1, 0.15) is 5.51 Å². The van der Waals surface area contributed by atoms with Crippen LogP contribution < -0.4 is 11.2 Å². The number of fused-ring (bicyclic) bond motifs is 1. The SMILES string of the molecule is Cn1cnc2c1c(=O)n(CCCSc1nncs1)c(=O)n2C. The summed E-state index contributed by atoms with van der Waals surface area (Å²) in [6, 6.07) is 0. The van der Waals surface area contributed by atoms with E-state index in [1.165, 1.54) is 20.5 Å². The van der Waals surface area contributed by atoms with Gasteiger partial charge in [0.2, 0.25) is 0 Å². The second-order valence-corrected chi connectivity index (χ2v) is 6.91. The molecule has 0 fully saturated rings. The highest BCUT2D eigenvalue weighted by molar-refractivity contribution is 8.00. The zero-order valence-electron chi connectivity index (χ0n) is 12.1. The van der Waals surface area contributed by atoms with Gasteiger partial charge in [0.25, 0.3) is 5.56 Å². The maximum absolute atomic E-state index is 12.5. The molecular formula is C12H14N6O2S2. The Morgan fingerprint density at radius 2 is 2.14 bits per heavy atom. The van der Waals surface area contributed by atoms with Gasteiger partial charge in [0.15, 0.2) is 15.5 Å². The number of aryl methyl sites for hydroxylation is 2. The van der Waals surface area contributed by atoms with Crippen molar-refractivity contribution in [1.82, 2.24) is 28.9 Å². The van der Waals surface area contributed by atoms with Crippen LogP contribution in [-0.2, 0) is 20.6 Å². The molecule has 3 aromatic heterocycles. The molecule has 0 saturated carbocycles. The van der Waals surface area contributed by atoms with Gasteiger partial charge in [0, 0.05) is 26.4 Å². The van der Waals surface area contributed by atoms with Crippen LogP contribution >= 0.6 is 23.1 Å². The highest BCUT2D eigenvalue weighted by Crippen LogP contribution is 2.19. The van der Waals surface area contributed by atoms with Gasteiger partial charge in [-0.05, 0) is 6.42 Å². The second kappa shape index (κ2) is 6.05. The molecule has 0 saturated heterocycles. The molecule has 10 heteroatoms. The third-order valence-electron chi connectivity index (χ3n) is 3.29. The van der Waals surface area contributed by atoms with Crippen LogP contribution in [0.1, 0.15) is 6.42 Å². The van der Waals surface area contributed by atoms with Crippen LogP contribution in [0, 0.1) is 0 Å². The van der Waals surface area contributed by atoms with Crippen molar-refractivity contribution in [2.75, 3.05) is 5.75 Å². The first-order valence-corrected chi connectivity index (χ1v) is 8.46. The number of nitrogens with zero attached hydrogens (tertiary/aromatic N) is 6. The molecule has 116 valence electrons. The Bertz CT molecular complexity index is 908. The maximum atomic E-state index is 12.5. The highest BCUT2D eigenvalue weighted by Gasteiger charge is 2.14. The minimum atomic E-state index is -0.336. The van der Waals surface area contributed by atoms with Crippen molar-refractivity contribution >= 4 is 34.3 Å². The van der Waals surface area contributed by atoms with Crippen molar-refractivity contribution in [3.8, 4) is 0 Å². The standard InChI is InChI=1S/C12H14N6O2S2/c1-16-6-13-9-8(16)10(19)18(12(20)17(9)2)4-3-5-21-11-15-14-7-22-11/h6-7H,3-5H2,1-2H3. The molecule has 0 spiro atoms. The van der Waals surface area contributed by atoms with Crippen LogP contribution in [-0.4, -0.2) is 34.6 Å². The van der Waals surface area contributed by atoms with Gasteiger partial charge in [-0.1, -0.05) is 23.1 Å². The third-order valence-corrected chi connectivity index (χ3v) is 5.24. The van der Waals surface area contributed by atoms with Crippen molar-refractivity contribution in [3.63, 3.8) is 0 Å². The molecular weight excluding hydrogens is 324 g/mol. The lowest BCUT2D eigenvalue weighted by Crippen LogP contribution is -2.39. The van der Waals surface area contributed by atoms with Crippen molar-refractivity contribution in [2.24, 2.45) is 14.1 Å². The Morgan fingerprint density at radius 3 is 2.86 bits per heavy atom. The number of imidazole rings is 1. The minimum Gasteiger partial charge on any atom is -0.328 e. The van der Waals surface area contributed by atoms with Crippen LogP contribution in [0.2, 0.25) is 0 Å². The summed E-state index contributed by atoms with van der Waals surface area (Å²) in [7, 11) is 3.38. The lowest BCUT2D eigenvalue weighted by molar-refractivity contribution is 0.594. The highest BCUT2D eigenvalue weighted by atomic mass is 32.2. The fourth-order valence-corrected chi connectivity index (χ4v) is 3.68. The van der Waals surface area contributed by atoms with Crippen molar-refractivity contribution < 1.29 is 0 Å². The Morgan fingerprint density at radius 1 is 1.32 bits per heavy atom. The quantitative estimate of drug-likeness (QED) is 0.496. The molecule has 3 rings (SSSR count). The van der Waals surface area contributed by atoms with Gasteiger partial charge in [-0.3, -0.25) is 13.9 Å².